The Morgan fingerprint density at radius 1 is 1.20 bits per heavy atom. The maximum absolute atomic E-state index is 5.61. The first-order valence-electron chi connectivity index (χ1n) is 6.84. The van der Waals surface area contributed by atoms with Gasteiger partial charge in [0.15, 0.2) is 5.82 Å². The molecule has 0 fully saturated rings. The van der Waals surface area contributed by atoms with E-state index in [1.807, 2.05) is 44.3 Å². The monoisotopic (exact) mass is 271 g/mol. The Bertz CT molecular complexity index is 544. The van der Waals surface area contributed by atoms with Gasteiger partial charge in [-0.3, -0.25) is 0 Å². The van der Waals surface area contributed by atoms with Gasteiger partial charge < -0.3 is 10.1 Å². The van der Waals surface area contributed by atoms with Gasteiger partial charge in [0, 0.05) is 25.4 Å². The molecule has 0 amide bonds. The Morgan fingerprint density at radius 3 is 2.45 bits per heavy atom. The predicted octanol–water partition coefficient (Wildman–Crippen LogP) is 3.12. The SMILES string of the molecule is CCc1nc(C(OC)c2ccccc2)nc(NC)c1C. The van der Waals surface area contributed by atoms with E-state index in [2.05, 4.69) is 22.2 Å². The van der Waals surface area contributed by atoms with E-state index in [0.717, 1.165) is 29.1 Å². The second-order valence-electron chi connectivity index (χ2n) is 4.63. The van der Waals surface area contributed by atoms with Gasteiger partial charge in [-0.1, -0.05) is 37.3 Å². The van der Waals surface area contributed by atoms with Gasteiger partial charge in [-0.05, 0) is 18.9 Å². The van der Waals surface area contributed by atoms with Crippen LogP contribution in [0.15, 0.2) is 30.3 Å². The minimum Gasteiger partial charge on any atom is -0.373 e. The van der Waals surface area contributed by atoms with Gasteiger partial charge in [0.2, 0.25) is 0 Å². The fraction of sp³-hybridized carbons (Fsp3) is 0.375. The molecular formula is C16H21N3O. The van der Waals surface area contributed by atoms with Gasteiger partial charge >= 0.3 is 0 Å². The first kappa shape index (κ1) is 14.5. The summed E-state index contributed by atoms with van der Waals surface area (Å²) in [7, 11) is 3.56. The lowest BCUT2D eigenvalue weighted by atomic mass is 10.1. The Morgan fingerprint density at radius 2 is 1.90 bits per heavy atom. The summed E-state index contributed by atoms with van der Waals surface area (Å²) in [5.74, 6) is 1.57. The Kier molecular flexibility index (Phi) is 4.69. The minimum atomic E-state index is -0.241. The number of benzene rings is 1. The molecule has 106 valence electrons. The lowest BCUT2D eigenvalue weighted by molar-refractivity contribution is 0.129. The highest BCUT2D eigenvalue weighted by Crippen LogP contribution is 2.25. The van der Waals surface area contributed by atoms with Crippen LogP contribution in [0.2, 0.25) is 0 Å². The maximum Gasteiger partial charge on any atom is 0.164 e. The van der Waals surface area contributed by atoms with Crippen LogP contribution in [0.25, 0.3) is 0 Å². The highest BCUT2D eigenvalue weighted by atomic mass is 16.5. The second-order valence-corrected chi connectivity index (χ2v) is 4.63. The largest absolute Gasteiger partial charge is 0.373 e. The summed E-state index contributed by atoms with van der Waals surface area (Å²) in [4.78, 5) is 9.27. The smallest absolute Gasteiger partial charge is 0.164 e. The van der Waals surface area contributed by atoms with Crippen molar-refractivity contribution >= 4 is 5.82 Å². The molecule has 1 atom stereocenters. The van der Waals surface area contributed by atoms with Crippen LogP contribution in [-0.2, 0) is 11.2 Å². The summed E-state index contributed by atoms with van der Waals surface area (Å²) in [6, 6.07) is 10.0. The molecule has 0 saturated heterocycles. The second kappa shape index (κ2) is 6.48. The first-order valence-corrected chi connectivity index (χ1v) is 6.84. The van der Waals surface area contributed by atoms with E-state index in [9.17, 15) is 0 Å². The summed E-state index contributed by atoms with van der Waals surface area (Å²) < 4.78 is 5.61. The van der Waals surface area contributed by atoms with Crippen molar-refractivity contribution in [3.63, 3.8) is 0 Å². The summed E-state index contributed by atoms with van der Waals surface area (Å²) in [6.45, 7) is 4.14. The lowest BCUT2D eigenvalue weighted by Crippen LogP contribution is -2.13. The number of hydrogen-bond donors (Lipinski definition) is 1. The average molecular weight is 271 g/mol. The van der Waals surface area contributed by atoms with Crippen molar-refractivity contribution in [2.45, 2.75) is 26.4 Å². The van der Waals surface area contributed by atoms with Crippen LogP contribution in [-0.4, -0.2) is 24.1 Å². The molecule has 1 aromatic heterocycles. The maximum atomic E-state index is 5.61. The molecule has 0 aliphatic rings. The standard InChI is InChI=1S/C16H21N3O/c1-5-13-11(2)15(17-3)19-16(18-13)14(20-4)12-9-7-6-8-10-12/h6-10,14H,5H2,1-4H3,(H,17,18,19). The number of methoxy groups -OCH3 is 1. The van der Waals surface area contributed by atoms with Gasteiger partial charge in [0.05, 0.1) is 0 Å². The van der Waals surface area contributed by atoms with Crippen LogP contribution in [0, 0.1) is 6.92 Å². The van der Waals surface area contributed by atoms with E-state index < -0.39 is 0 Å². The van der Waals surface area contributed by atoms with Crippen molar-refractivity contribution in [1.82, 2.24) is 9.97 Å². The van der Waals surface area contributed by atoms with Crippen LogP contribution < -0.4 is 5.32 Å². The number of nitrogens with one attached hydrogen (secondary N) is 1. The number of ether oxygens (including phenoxy) is 1. The van der Waals surface area contributed by atoms with Gasteiger partial charge in [-0.15, -0.1) is 0 Å². The average Bonchev–Trinajstić information content (AvgIpc) is 2.50. The van der Waals surface area contributed by atoms with Crippen molar-refractivity contribution in [3.8, 4) is 0 Å². The fourth-order valence-electron chi connectivity index (χ4n) is 2.31. The van der Waals surface area contributed by atoms with Crippen molar-refractivity contribution in [1.29, 1.82) is 0 Å². The van der Waals surface area contributed by atoms with Crippen molar-refractivity contribution in [2.75, 3.05) is 19.5 Å². The highest BCUT2D eigenvalue weighted by molar-refractivity contribution is 5.46. The zero-order valence-electron chi connectivity index (χ0n) is 12.5. The van der Waals surface area contributed by atoms with E-state index >= 15 is 0 Å². The van der Waals surface area contributed by atoms with E-state index in [-0.39, 0.29) is 6.10 Å². The van der Waals surface area contributed by atoms with Crippen LogP contribution in [0.3, 0.4) is 0 Å². The van der Waals surface area contributed by atoms with Crippen molar-refractivity contribution in [2.24, 2.45) is 0 Å². The summed E-state index contributed by atoms with van der Waals surface area (Å²) in [5, 5.41) is 3.13. The van der Waals surface area contributed by atoms with Crippen LogP contribution >= 0.6 is 0 Å². The molecule has 4 heteroatoms. The number of aromatic nitrogens is 2. The van der Waals surface area contributed by atoms with Crippen molar-refractivity contribution in [3.05, 3.63) is 53.0 Å². The van der Waals surface area contributed by atoms with E-state index in [1.165, 1.54) is 0 Å². The van der Waals surface area contributed by atoms with Crippen LogP contribution in [0.1, 0.15) is 35.7 Å². The number of rotatable bonds is 5. The van der Waals surface area contributed by atoms with E-state index in [1.54, 1.807) is 7.11 Å². The molecule has 0 bridgehead atoms. The Balaban J connectivity index is 2.50. The highest BCUT2D eigenvalue weighted by Gasteiger charge is 2.19. The minimum absolute atomic E-state index is 0.241. The molecule has 0 aliphatic heterocycles. The van der Waals surface area contributed by atoms with Gasteiger partial charge in [-0.25, -0.2) is 9.97 Å². The van der Waals surface area contributed by atoms with Gasteiger partial charge in [-0.2, -0.15) is 0 Å². The summed E-state index contributed by atoms with van der Waals surface area (Å²) >= 11 is 0. The Labute approximate surface area is 120 Å². The summed E-state index contributed by atoms with van der Waals surface area (Å²) in [6.07, 6.45) is 0.635. The third-order valence-electron chi connectivity index (χ3n) is 3.41. The quantitative estimate of drug-likeness (QED) is 0.907. The number of anilines is 1. The topological polar surface area (TPSA) is 47.0 Å². The number of nitrogens with zero attached hydrogens (tertiary/aromatic N) is 2. The molecular weight excluding hydrogens is 250 g/mol. The fourth-order valence-corrected chi connectivity index (χ4v) is 2.31. The molecule has 1 N–H and O–H groups in total. The molecule has 0 radical (unpaired) electrons. The van der Waals surface area contributed by atoms with E-state index in [4.69, 9.17) is 4.74 Å². The molecule has 0 aliphatic carbocycles. The number of aryl methyl sites for hydroxylation is 1. The normalized spacial score (nSPS) is 12.2. The molecule has 20 heavy (non-hydrogen) atoms. The van der Waals surface area contributed by atoms with Gasteiger partial charge in [0.1, 0.15) is 11.9 Å². The summed E-state index contributed by atoms with van der Waals surface area (Å²) in [5.41, 5.74) is 3.21. The zero-order valence-corrected chi connectivity index (χ0v) is 12.5. The third-order valence-corrected chi connectivity index (χ3v) is 3.41. The molecule has 0 saturated carbocycles. The predicted molar refractivity (Wildman–Crippen MR) is 81.0 cm³/mol. The van der Waals surface area contributed by atoms with Gasteiger partial charge in [0.25, 0.3) is 0 Å². The molecule has 2 rings (SSSR count). The third kappa shape index (κ3) is 2.80. The molecule has 1 aromatic carbocycles. The van der Waals surface area contributed by atoms with Crippen molar-refractivity contribution < 1.29 is 4.74 Å². The lowest BCUT2D eigenvalue weighted by Gasteiger charge is -2.18. The molecule has 0 spiro atoms. The zero-order chi connectivity index (χ0) is 14.5. The Hall–Kier alpha value is -1.94. The first-order chi connectivity index (χ1) is 9.71. The molecule has 2 aromatic rings. The molecule has 1 unspecified atom stereocenters. The van der Waals surface area contributed by atoms with Crippen LogP contribution in [0.5, 0.6) is 0 Å². The molecule has 4 nitrogen and oxygen atoms in total. The van der Waals surface area contributed by atoms with Crippen LogP contribution in [0.4, 0.5) is 5.82 Å². The van der Waals surface area contributed by atoms with E-state index in [0.29, 0.717) is 5.82 Å². The molecule has 1 heterocycles. The number of hydrogen-bond acceptors (Lipinski definition) is 4.